The van der Waals surface area contributed by atoms with Crippen LogP contribution in [0.15, 0.2) is 125 Å². The van der Waals surface area contributed by atoms with Crippen LogP contribution in [-0.4, -0.2) is 14.1 Å². The van der Waals surface area contributed by atoms with Gasteiger partial charge in [-0.1, -0.05) is 60.7 Å². The molecule has 7 aromatic rings. The van der Waals surface area contributed by atoms with E-state index in [0.717, 1.165) is 32.9 Å². The summed E-state index contributed by atoms with van der Waals surface area (Å²) in [6.07, 6.45) is 3.23. The maximum absolute atomic E-state index is 14.1. The van der Waals surface area contributed by atoms with Crippen molar-refractivity contribution < 1.29 is 0 Å². The Morgan fingerprint density at radius 2 is 1.11 bits per heavy atom. The molecule has 3 aromatic heterocycles. The molecular weight excluding hydrogens is 446 g/mol. The molecule has 4 aromatic carbocycles. The molecule has 0 fully saturated rings. The van der Waals surface area contributed by atoms with Crippen LogP contribution in [0.1, 0.15) is 0 Å². The maximum atomic E-state index is 14.1. The van der Waals surface area contributed by atoms with Crippen LogP contribution in [0, 0.1) is 0 Å². The normalized spacial score (nSPS) is 11.6. The van der Waals surface area contributed by atoms with Crippen LogP contribution < -0.4 is 11.1 Å². The minimum atomic E-state index is -0.388. The molecule has 5 nitrogen and oxygen atoms in total. The van der Waals surface area contributed by atoms with Crippen LogP contribution in [0.2, 0.25) is 0 Å². The van der Waals surface area contributed by atoms with Gasteiger partial charge < -0.3 is 4.57 Å². The average molecular weight is 466 g/mol. The van der Waals surface area contributed by atoms with Crippen LogP contribution in [0.25, 0.3) is 54.7 Å². The maximum Gasteiger partial charge on any atom is 0.267 e. The third-order valence-corrected chi connectivity index (χ3v) is 6.82. The molecule has 0 N–H and O–H groups in total. The monoisotopic (exact) mass is 465 g/mol. The van der Waals surface area contributed by atoms with E-state index in [2.05, 4.69) is 33.8 Å². The van der Waals surface area contributed by atoms with Crippen LogP contribution in [0.3, 0.4) is 0 Å². The second kappa shape index (κ2) is 7.75. The third kappa shape index (κ3) is 2.80. The van der Waals surface area contributed by atoms with E-state index in [9.17, 15) is 9.59 Å². The van der Waals surface area contributed by atoms with E-state index in [1.807, 2.05) is 66.7 Å². The lowest BCUT2D eigenvalue weighted by Gasteiger charge is -2.09. The van der Waals surface area contributed by atoms with Gasteiger partial charge in [-0.2, -0.15) is 0 Å². The number of aromatic nitrogens is 3. The molecule has 3 heterocycles. The van der Waals surface area contributed by atoms with Gasteiger partial charge in [0, 0.05) is 39.6 Å². The highest BCUT2D eigenvalue weighted by molar-refractivity contribution is 6.24. The summed E-state index contributed by atoms with van der Waals surface area (Å²) in [6, 6.07) is 33.0. The molecular formula is C31H19N3O2. The summed E-state index contributed by atoms with van der Waals surface area (Å²) in [5, 5.41) is 4.40. The minimum Gasteiger partial charge on any atom is -0.309 e. The first-order chi connectivity index (χ1) is 17.7. The molecule has 0 spiro atoms. The minimum absolute atomic E-state index is 0.357. The molecule has 0 atom stereocenters. The van der Waals surface area contributed by atoms with Crippen molar-refractivity contribution in [3.63, 3.8) is 0 Å². The van der Waals surface area contributed by atoms with Crippen molar-refractivity contribution in [2.75, 3.05) is 0 Å². The molecule has 170 valence electrons. The standard InChI is InChI=1S/C31H19N3O2/c35-30-25-16-15-24-22-13-7-8-14-27(22)33(20-9-3-1-4-10-20)29(24)28(25)23-17-18-32-19-26(23)31(36)34(30)21-11-5-2-6-12-21/h1-19H. The largest absolute Gasteiger partial charge is 0.309 e. The SMILES string of the molecule is O=c1c2cnccc2c2c(ccc3c4ccccc4n(-c4ccccc4)c32)c(=O)n1-c1ccccc1. The fourth-order valence-electron chi connectivity index (χ4n) is 5.28. The fraction of sp³-hybridized carbons (Fsp3) is 0. The van der Waals surface area contributed by atoms with Crippen LogP contribution in [0.4, 0.5) is 0 Å². The van der Waals surface area contributed by atoms with E-state index in [1.54, 1.807) is 24.5 Å². The van der Waals surface area contributed by atoms with Gasteiger partial charge in [0.2, 0.25) is 0 Å². The Morgan fingerprint density at radius 1 is 0.500 bits per heavy atom. The van der Waals surface area contributed by atoms with Crippen molar-refractivity contribution in [1.29, 1.82) is 0 Å². The Labute approximate surface area is 205 Å². The summed E-state index contributed by atoms with van der Waals surface area (Å²) in [6.45, 7) is 0. The summed E-state index contributed by atoms with van der Waals surface area (Å²) in [5.41, 5.74) is 2.69. The van der Waals surface area contributed by atoms with Crippen LogP contribution >= 0.6 is 0 Å². The van der Waals surface area contributed by atoms with Crippen LogP contribution in [0.5, 0.6) is 0 Å². The lowest BCUT2D eigenvalue weighted by Crippen LogP contribution is -2.28. The van der Waals surface area contributed by atoms with E-state index in [-0.39, 0.29) is 11.1 Å². The van der Waals surface area contributed by atoms with Crippen molar-refractivity contribution in [3.8, 4) is 11.4 Å². The molecule has 0 aliphatic carbocycles. The Kier molecular flexibility index (Phi) is 4.38. The molecule has 0 bridgehead atoms. The second-order valence-electron chi connectivity index (χ2n) is 8.77. The van der Waals surface area contributed by atoms with Gasteiger partial charge >= 0.3 is 0 Å². The summed E-state index contributed by atoms with van der Waals surface area (Å²) in [4.78, 5) is 32.2. The van der Waals surface area contributed by atoms with Gasteiger partial charge in [-0.3, -0.25) is 14.6 Å². The summed E-state index contributed by atoms with van der Waals surface area (Å²) < 4.78 is 3.44. The zero-order valence-corrected chi connectivity index (χ0v) is 19.1. The van der Waals surface area contributed by atoms with Gasteiger partial charge in [0.1, 0.15) is 0 Å². The molecule has 0 radical (unpaired) electrons. The van der Waals surface area contributed by atoms with Crippen molar-refractivity contribution in [2.45, 2.75) is 0 Å². The summed E-state index contributed by atoms with van der Waals surface area (Å²) >= 11 is 0. The number of nitrogens with zero attached hydrogens (tertiary/aromatic N) is 3. The number of hydrogen-bond donors (Lipinski definition) is 0. The van der Waals surface area contributed by atoms with Gasteiger partial charge in [0.05, 0.1) is 27.5 Å². The van der Waals surface area contributed by atoms with Crippen LogP contribution in [-0.2, 0) is 0 Å². The van der Waals surface area contributed by atoms with Crippen molar-refractivity contribution >= 4 is 43.4 Å². The fourth-order valence-corrected chi connectivity index (χ4v) is 5.28. The predicted octanol–water partition coefficient (Wildman–Crippen LogP) is 6.00. The molecule has 7 rings (SSSR count). The molecule has 0 unspecified atom stereocenters. The smallest absolute Gasteiger partial charge is 0.267 e. The summed E-state index contributed by atoms with van der Waals surface area (Å²) in [7, 11) is 0. The highest BCUT2D eigenvalue weighted by Gasteiger charge is 2.19. The van der Waals surface area contributed by atoms with E-state index < -0.39 is 0 Å². The van der Waals surface area contributed by atoms with Crippen molar-refractivity contribution in [2.24, 2.45) is 0 Å². The number of para-hydroxylation sites is 3. The summed E-state index contributed by atoms with van der Waals surface area (Å²) in [5.74, 6) is 0. The van der Waals surface area contributed by atoms with Gasteiger partial charge in [-0.25, -0.2) is 4.57 Å². The van der Waals surface area contributed by atoms with Crippen molar-refractivity contribution in [1.82, 2.24) is 14.1 Å². The lowest BCUT2D eigenvalue weighted by molar-refractivity contribution is 0.975. The van der Waals surface area contributed by atoms with Gasteiger partial charge in [0.25, 0.3) is 11.1 Å². The molecule has 0 aliphatic rings. The number of fused-ring (bicyclic) bond motifs is 7. The number of benzene rings is 4. The Hall–Kier alpha value is -5.03. The predicted molar refractivity (Wildman–Crippen MR) is 145 cm³/mol. The first-order valence-electron chi connectivity index (χ1n) is 11.7. The topological polar surface area (TPSA) is 56.9 Å². The van der Waals surface area contributed by atoms with Gasteiger partial charge in [-0.15, -0.1) is 0 Å². The van der Waals surface area contributed by atoms with Crippen molar-refractivity contribution in [3.05, 3.63) is 136 Å². The molecule has 0 saturated heterocycles. The Bertz CT molecular complexity index is 2080. The number of pyridine rings is 1. The highest BCUT2D eigenvalue weighted by Crippen LogP contribution is 2.37. The Balaban J connectivity index is 1.84. The highest BCUT2D eigenvalue weighted by atomic mass is 16.2. The average Bonchev–Trinajstić information content (AvgIpc) is 3.23. The molecule has 0 amide bonds. The van der Waals surface area contributed by atoms with Gasteiger partial charge in [-0.05, 0) is 42.5 Å². The third-order valence-electron chi connectivity index (χ3n) is 6.82. The molecule has 5 heteroatoms. The molecule has 36 heavy (non-hydrogen) atoms. The van der Waals surface area contributed by atoms with Gasteiger partial charge in [0.15, 0.2) is 0 Å². The first kappa shape index (κ1) is 20.4. The zero-order valence-electron chi connectivity index (χ0n) is 19.1. The molecule has 0 aliphatic heterocycles. The lowest BCUT2D eigenvalue weighted by atomic mass is 10.0. The first-order valence-corrected chi connectivity index (χ1v) is 11.7. The molecule has 0 saturated carbocycles. The number of hydrogen-bond acceptors (Lipinski definition) is 3. The Morgan fingerprint density at radius 3 is 1.86 bits per heavy atom. The van der Waals surface area contributed by atoms with E-state index in [1.165, 1.54) is 4.57 Å². The zero-order chi connectivity index (χ0) is 24.2. The quantitative estimate of drug-likeness (QED) is 0.315. The van der Waals surface area contributed by atoms with E-state index in [0.29, 0.717) is 21.8 Å². The second-order valence-corrected chi connectivity index (χ2v) is 8.77. The van der Waals surface area contributed by atoms with E-state index >= 15 is 0 Å². The number of rotatable bonds is 2. The van der Waals surface area contributed by atoms with E-state index in [4.69, 9.17) is 0 Å².